The maximum absolute atomic E-state index is 11.7. The highest BCUT2D eigenvalue weighted by Gasteiger charge is 2.43. The third kappa shape index (κ3) is 2.55. The van der Waals surface area contributed by atoms with E-state index in [4.69, 9.17) is 0 Å². The Hall–Kier alpha value is -1.11. The number of aliphatic carboxylic acids is 1. The number of nitrogens with zero attached hydrogens (tertiary/aromatic N) is 4. The number of carboxylic acids is 1. The molecule has 0 aromatic carbocycles. The van der Waals surface area contributed by atoms with Gasteiger partial charge in [0.2, 0.25) is 0 Å². The molecule has 2 heterocycles. The second kappa shape index (κ2) is 5.71. The Morgan fingerprint density at radius 3 is 2.80 bits per heavy atom. The topological polar surface area (TPSA) is 80.9 Å². The van der Waals surface area contributed by atoms with Crippen LogP contribution < -0.4 is 0 Å². The standard InChI is InChI=1S/C13H20N4O2S/c18-12(19)13(6-2-3-7-13)9-17-11(14-15-16-17)10-5-1-4-8-20-10/h10H,1-9H2,(H,18,19). The van der Waals surface area contributed by atoms with E-state index >= 15 is 0 Å². The fourth-order valence-electron chi connectivity index (χ4n) is 3.28. The summed E-state index contributed by atoms with van der Waals surface area (Å²) < 4.78 is 1.75. The van der Waals surface area contributed by atoms with Gasteiger partial charge in [0.15, 0.2) is 5.82 Å². The molecule has 1 saturated heterocycles. The molecular weight excluding hydrogens is 276 g/mol. The highest BCUT2D eigenvalue weighted by atomic mass is 32.2. The first-order valence-corrected chi connectivity index (χ1v) is 8.37. The van der Waals surface area contributed by atoms with Crippen LogP contribution in [0.15, 0.2) is 0 Å². The lowest BCUT2D eigenvalue weighted by Crippen LogP contribution is -2.34. The monoisotopic (exact) mass is 296 g/mol. The van der Waals surface area contributed by atoms with E-state index in [0.717, 1.165) is 43.7 Å². The first-order chi connectivity index (χ1) is 9.71. The van der Waals surface area contributed by atoms with Crippen molar-refractivity contribution in [1.29, 1.82) is 0 Å². The van der Waals surface area contributed by atoms with Gasteiger partial charge in [0.25, 0.3) is 0 Å². The number of carboxylic acid groups (broad SMARTS) is 1. The van der Waals surface area contributed by atoms with E-state index in [1.165, 1.54) is 12.8 Å². The van der Waals surface area contributed by atoms with Gasteiger partial charge in [0.05, 0.1) is 17.2 Å². The van der Waals surface area contributed by atoms with Crippen LogP contribution in [0.4, 0.5) is 0 Å². The molecule has 1 unspecified atom stereocenters. The molecule has 2 fully saturated rings. The Labute approximate surface area is 122 Å². The summed E-state index contributed by atoms with van der Waals surface area (Å²) in [6.45, 7) is 0.418. The number of hydrogen-bond acceptors (Lipinski definition) is 5. The Bertz CT molecular complexity index is 478. The van der Waals surface area contributed by atoms with Crippen molar-refractivity contribution in [3.63, 3.8) is 0 Å². The first-order valence-electron chi connectivity index (χ1n) is 7.32. The first kappa shape index (κ1) is 13.9. The van der Waals surface area contributed by atoms with Crippen LogP contribution in [0.2, 0.25) is 0 Å². The van der Waals surface area contributed by atoms with E-state index in [1.807, 2.05) is 11.8 Å². The molecule has 110 valence electrons. The molecule has 6 nitrogen and oxygen atoms in total. The zero-order valence-electron chi connectivity index (χ0n) is 11.5. The molecule has 0 bridgehead atoms. The second-order valence-corrected chi connectivity index (χ2v) is 7.15. The largest absolute Gasteiger partial charge is 0.481 e. The molecule has 0 amide bonds. The number of tetrazole rings is 1. The SMILES string of the molecule is O=C(O)C1(Cn2nnnc2C2CCCCS2)CCCC1. The lowest BCUT2D eigenvalue weighted by molar-refractivity contribution is -0.149. The Kier molecular flexibility index (Phi) is 3.96. The van der Waals surface area contributed by atoms with Crippen LogP contribution in [0, 0.1) is 5.41 Å². The summed E-state index contributed by atoms with van der Waals surface area (Å²) in [5, 5.41) is 21.9. The van der Waals surface area contributed by atoms with Crippen LogP contribution in [0.3, 0.4) is 0 Å². The van der Waals surface area contributed by atoms with Gasteiger partial charge in [-0.15, -0.1) is 5.10 Å². The molecule has 1 N–H and O–H groups in total. The average Bonchev–Trinajstić information content (AvgIpc) is 3.10. The summed E-state index contributed by atoms with van der Waals surface area (Å²) >= 11 is 1.89. The third-order valence-electron chi connectivity index (χ3n) is 4.49. The Balaban J connectivity index is 1.80. The van der Waals surface area contributed by atoms with Crippen LogP contribution in [0.1, 0.15) is 56.0 Å². The minimum Gasteiger partial charge on any atom is -0.481 e. The van der Waals surface area contributed by atoms with Gasteiger partial charge in [-0.2, -0.15) is 11.8 Å². The summed E-state index contributed by atoms with van der Waals surface area (Å²) in [6, 6.07) is 0. The van der Waals surface area contributed by atoms with Crippen molar-refractivity contribution in [1.82, 2.24) is 20.2 Å². The zero-order valence-corrected chi connectivity index (χ0v) is 12.3. The predicted molar refractivity (Wildman–Crippen MR) is 75.4 cm³/mol. The molecule has 2 aliphatic rings. The summed E-state index contributed by atoms with van der Waals surface area (Å²) in [6.07, 6.45) is 6.99. The highest BCUT2D eigenvalue weighted by molar-refractivity contribution is 7.99. The van der Waals surface area contributed by atoms with Crippen LogP contribution in [0.25, 0.3) is 0 Å². The fraction of sp³-hybridized carbons (Fsp3) is 0.846. The van der Waals surface area contributed by atoms with Crippen molar-refractivity contribution in [2.75, 3.05) is 5.75 Å². The number of thioether (sulfide) groups is 1. The molecule has 1 aromatic rings. The average molecular weight is 296 g/mol. The van der Waals surface area contributed by atoms with Crippen molar-refractivity contribution >= 4 is 17.7 Å². The summed E-state index contributed by atoms with van der Waals surface area (Å²) in [5.74, 6) is 1.30. The highest BCUT2D eigenvalue weighted by Crippen LogP contribution is 2.42. The molecule has 3 rings (SSSR count). The van der Waals surface area contributed by atoms with Gasteiger partial charge in [-0.3, -0.25) is 4.79 Å². The molecule has 1 aliphatic carbocycles. The minimum atomic E-state index is -0.701. The maximum atomic E-state index is 11.7. The van der Waals surface area contributed by atoms with E-state index in [1.54, 1.807) is 4.68 Å². The molecule has 1 saturated carbocycles. The van der Waals surface area contributed by atoms with Crippen LogP contribution >= 0.6 is 11.8 Å². The van der Waals surface area contributed by atoms with Crippen molar-refractivity contribution in [2.24, 2.45) is 5.41 Å². The molecule has 7 heteroatoms. The van der Waals surface area contributed by atoms with Gasteiger partial charge in [-0.05, 0) is 41.9 Å². The van der Waals surface area contributed by atoms with E-state index in [-0.39, 0.29) is 0 Å². The van der Waals surface area contributed by atoms with E-state index < -0.39 is 11.4 Å². The van der Waals surface area contributed by atoms with E-state index in [2.05, 4.69) is 15.5 Å². The quantitative estimate of drug-likeness (QED) is 0.918. The fourth-order valence-corrected chi connectivity index (χ4v) is 4.58. The van der Waals surface area contributed by atoms with Gasteiger partial charge < -0.3 is 5.11 Å². The normalized spacial score (nSPS) is 25.7. The summed E-state index contributed by atoms with van der Waals surface area (Å²) in [7, 11) is 0. The number of aromatic nitrogens is 4. The predicted octanol–water partition coefficient (Wildman–Crippen LogP) is 2.28. The Morgan fingerprint density at radius 2 is 2.15 bits per heavy atom. The van der Waals surface area contributed by atoms with Gasteiger partial charge in [-0.1, -0.05) is 19.3 Å². The Morgan fingerprint density at radius 1 is 1.35 bits per heavy atom. The maximum Gasteiger partial charge on any atom is 0.311 e. The molecule has 1 aliphatic heterocycles. The smallest absolute Gasteiger partial charge is 0.311 e. The molecule has 0 radical (unpaired) electrons. The minimum absolute atomic E-state index is 0.325. The second-order valence-electron chi connectivity index (χ2n) is 5.84. The lowest BCUT2D eigenvalue weighted by Gasteiger charge is -2.26. The molecule has 20 heavy (non-hydrogen) atoms. The number of rotatable bonds is 4. The van der Waals surface area contributed by atoms with Gasteiger partial charge in [0.1, 0.15) is 0 Å². The van der Waals surface area contributed by atoms with Gasteiger partial charge in [-0.25, -0.2) is 4.68 Å². The van der Waals surface area contributed by atoms with Crippen molar-refractivity contribution in [3.05, 3.63) is 5.82 Å². The van der Waals surface area contributed by atoms with Crippen molar-refractivity contribution in [3.8, 4) is 0 Å². The molecular formula is C13H20N4O2S. The summed E-state index contributed by atoms with van der Waals surface area (Å²) in [4.78, 5) is 11.7. The third-order valence-corrected chi connectivity index (χ3v) is 5.87. The number of hydrogen-bond donors (Lipinski definition) is 1. The number of carbonyl (C=O) groups is 1. The van der Waals surface area contributed by atoms with Crippen molar-refractivity contribution in [2.45, 2.75) is 56.7 Å². The van der Waals surface area contributed by atoms with E-state index in [0.29, 0.717) is 11.8 Å². The van der Waals surface area contributed by atoms with Crippen LogP contribution in [-0.4, -0.2) is 37.0 Å². The van der Waals surface area contributed by atoms with Crippen LogP contribution in [0.5, 0.6) is 0 Å². The van der Waals surface area contributed by atoms with Crippen molar-refractivity contribution < 1.29 is 9.90 Å². The van der Waals surface area contributed by atoms with Gasteiger partial charge >= 0.3 is 5.97 Å². The van der Waals surface area contributed by atoms with Crippen LogP contribution in [-0.2, 0) is 11.3 Å². The molecule has 1 aromatic heterocycles. The lowest BCUT2D eigenvalue weighted by atomic mass is 9.86. The summed E-state index contributed by atoms with van der Waals surface area (Å²) in [5.41, 5.74) is -0.663. The molecule has 1 atom stereocenters. The van der Waals surface area contributed by atoms with Gasteiger partial charge in [0, 0.05) is 0 Å². The molecule has 0 spiro atoms. The zero-order chi connectivity index (χ0) is 14.0. The van der Waals surface area contributed by atoms with E-state index in [9.17, 15) is 9.90 Å².